The summed E-state index contributed by atoms with van der Waals surface area (Å²) in [6.07, 6.45) is 4.32. The van der Waals surface area contributed by atoms with E-state index in [1.807, 2.05) is 55.5 Å². The number of esters is 2. The van der Waals surface area contributed by atoms with Crippen molar-refractivity contribution in [2.24, 2.45) is 0 Å². The van der Waals surface area contributed by atoms with Crippen molar-refractivity contribution in [2.45, 2.75) is 13.5 Å². The fourth-order valence-corrected chi connectivity index (χ4v) is 2.92. The van der Waals surface area contributed by atoms with Crippen molar-refractivity contribution >= 4 is 24.1 Å². The number of nitriles is 1. The van der Waals surface area contributed by atoms with E-state index in [1.165, 1.54) is 24.8 Å². The van der Waals surface area contributed by atoms with Crippen LogP contribution in [0.2, 0.25) is 0 Å². The van der Waals surface area contributed by atoms with Crippen LogP contribution >= 0.6 is 0 Å². The van der Waals surface area contributed by atoms with Crippen LogP contribution in [0.5, 0.6) is 11.5 Å². The molecule has 3 aromatic rings. The van der Waals surface area contributed by atoms with Crippen LogP contribution in [0.15, 0.2) is 84.4 Å². The van der Waals surface area contributed by atoms with Crippen LogP contribution in [0, 0.1) is 18.3 Å². The minimum atomic E-state index is -0.737. The first kappa shape index (κ1) is 24.0. The summed E-state index contributed by atoms with van der Waals surface area (Å²) in [4.78, 5) is 23.8. The highest BCUT2D eigenvalue weighted by molar-refractivity contribution is 5.97. The van der Waals surface area contributed by atoms with Gasteiger partial charge in [-0.05, 0) is 60.0 Å². The van der Waals surface area contributed by atoms with Crippen LogP contribution in [-0.2, 0) is 20.9 Å². The summed E-state index contributed by atoms with van der Waals surface area (Å²) in [5.41, 5.74) is 3.48. The normalized spacial score (nSPS) is 11.0. The highest BCUT2D eigenvalue weighted by Gasteiger charge is 2.09. The molecular weight excluding hydrogens is 430 g/mol. The van der Waals surface area contributed by atoms with Crippen molar-refractivity contribution < 1.29 is 23.8 Å². The lowest BCUT2D eigenvalue weighted by Crippen LogP contribution is -2.04. The Balaban J connectivity index is 1.56. The predicted molar refractivity (Wildman–Crippen MR) is 129 cm³/mol. The van der Waals surface area contributed by atoms with Crippen LogP contribution in [0.4, 0.5) is 0 Å². The zero-order valence-corrected chi connectivity index (χ0v) is 18.9. The smallest absolute Gasteiger partial charge is 0.348 e. The van der Waals surface area contributed by atoms with Gasteiger partial charge in [0, 0.05) is 6.08 Å². The van der Waals surface area contributed by atoms with E-state index in [2.05, 4.69) is 4.74 Å². The third kappa shape index (κ3) is 7.21. The molecule has 0 amide bonds. The first-order chi connectivity index (χ1) is 16.5. The van der Waals surface area contributed by atoms with E-state index in [0.29, 0.717) is 12.2 Å². The summed E-state index contributed by atoms with van der Waals surface area (Å²) < 4.78 is 15.7. The average Bonchev–Trinajstić information content (AvgIpc) is 2.86. The molecule has 0 saturated heterocycles. The van der Waals surface area contributed by atoms with Gasteiger partial charge in [0.15, 0.2) is 0 Å². The summed E-state index contributed by atoms with van der Waals surface area (Å²) in [5, 5.41) is 9.07. The van der Waals surface area contributed by atoms with E-state index in [4.69, 9.17) is 14.7 Å². The number of hydrogen-bond acceptors (Lipinski definition) is 6. The van der Waals surface area contributed by atoms with Gasteiger partial charge in [0.1, 0.15) is 29.7 Å². The van der Waals surface area contributed by atoms with Crippen LogP contribution < -0.4 is 9.47 Å². The molecule has 0 aliphatic heterocycles. The number of carbonyl (C=O) groups excluding carboxylic acids is 2. The molecule has 170 valence electrons. The number of nitrogens with zero attached hydrogens (tertiary/aromatic N) is 1. The molecule has 6 nitrogen and oxygen atoms in total. The van der Waals surface area contributed by atoms with Crippen molar-refractivity contribution in [3.8, 4) is 17.6 Å². The summed E-state index contributed by atoms with van der Waals surface area (Å²) in [6.45, 7) is 2.52. The van der Waals surface area contributed by atoms with Crippen LogP contribution in [0.3, 0.4) is 0 Å². The third-order valence-electron chi connectivity index (χ3n) is 4.73. The summed E-state index contributed by atoms with van der Waals surface area (Å²) in [7, 11) is 1.20. The summed E-state index contributed by atoms with van der Waals surface area (Å²) in [5.74, 6) is -0.284. The van der Waals surface area contributed by atoms with Crippen molar-refractivity contribution in [3.05, 3.63) is 107 Å². The Kier molecular flexibility index (Phi) is 8.36. The first-order valence-corrected chi connectivity index (χ1v) is 10.5. The number of aryl methyl sites for hydroxylation is 1. The van der Waals surface area contributed by atoms with Crippen LogP contribution in [0.1, 0.15) is 22.3 Å². The van der Waals surface area contributed by atoms with E-state index in [9.17, 15) is 9.59 Å². The van der Waals surface area contributed by atoms with Gasteiger partial charge < -0.3 is 14.2 Å². The fraction of sp³-hybridized carbons (Fsp3) is 0.107. The number of benzene rings is 3. The summed E-state index contributed by atoms with van der Waals surface area (Å²) >= 11 is 0. The SMILES string of the molecule is COC(=O)/C(C#N)=C/c1cccc(OC(=O)/C=C/c2ccc(OCc3ccc(C)cc3)cc2)c1. The van der Waals surface area contributed by atoms with Gasteiger partial charge in [-0.1, -0.05) is 54.1 Å². The maximum Gasteiger partial charge on any atom is 0.348 e. The molecule has 3 rings (SSSR count). The number of carbonyl (C=O) groups is 2. The van der Waals surface area contributed by atoms with E-state index in [1.54, 1.807) is 36.4 Å². The molecule has 0 aliphatic carbocycles. The van der Waals surface area contributed by atoms with Crippen molar-refractivity contribution in [1.82, 2.24) is 0 Å². The summed E-state index contributed by atoms with van der Waals surface area (Å²) in [6, 6.07) is 23.8. The fourth-order valence-electron chi connectivity index (χ4n) is 2.92. The van der Waals surface area contributed by atoms with Gasteiger partial charge in [-0.25, -0.2) is 9.59 Å². The Morgan fingerprint density at radius 1 is 0.941 bits per heavy atom. The molecule has 0 aromatic heterocycles. The lowest BCUT2D eigenvalue weighted by atomic mass is 10.1. The first-order valence-electron chi connectivity index (χ1n) is 10.5. The topological polar surface area (TPSA) is 85.6 Å². The van der Waals surface area contributed by atoms with E-state index in [0.717, 1.165) is 16.9 Å². The van der Waals surface area contributed by atoms with Crippen LogP contribution in [-0.4, -0.2) is 19.0 Å². The van der Waals surface area contributed by atoms with Gasteiger partial charge in [0.2, 0.25) is 0 Å². The molecule has 0 heterocycles. The lowest BCUT2D eigenvalue weighted by Gasteiger charge is -2.07. The molecule has 34 heavy (non-hydrogen) atoms. The Morgan fingerprint density at radius 3 is 2.35 bits per heavy atom. The Hall–Kier alpha value is -4.63. The van der Waals surface area contributed by atoms with Gasteiger partial charge in [-0.3, -0.25) is 0 Å². The van der Waals surface area contributed by atoms with E-state index < -0.39 is 11.9 Å². The molecule has 0 N–H and O–H groups in total. The zero-order valence-electron chi connectivity index (χ0n) is 18.9. The molecule has 0 atom stereocenters. The number of rotatable bonds is 8. The number of hydrogen-bond donors (Lipinski definition) is 0. The molecular formula is C28H23NO5. The van der Waals surface area contributed by atoms with Crippen molar-refractivity contribution in [1.29, 1.82) is 5.26 Å². The molecule has 0 spiro atoms. The van der Waals surface area contributed by atoms with E-state index >= 15 is 0 Å². The highest BCUT2D eigenvalue weighted by Crippen LogP contribution is 2.18. The van der Waals surface area contributed by atoms with Gasteiger partial charge in [-0.15, -0.1) is 0 Å². The quantitative estimate of drug-likeness (QED) is 0.200. The predicted octanol–water partition coefficient (Wildman–Crippen LogP) is 5.27. The van der Waals surface area contributed by atoms with Crippen molar-refractivity contribution in [2.75, 3.05) is 7.11 Å². The highest BCUT2D eigenvalue weighted by atomic mass is 16.5. The number of ether oxygens (including phenoxy) is 3. The molecule has 0 aliphatic rings. The molecule has 6 heteroatoms. The molecule has 0 bridgehead atoms. The maximum absolute atomic E-state index is 12.2. The van der Waals surface area contributed by atoms with Gasteiger partial charge in [0.25, 0.3) is 0 Å². The molecule has 3 aromatic carbocycles. The van der Waals surface area contributed by atoms with Gasteiger partial charge in [-0.2, -0.15) is 5.26 Å². The second kappa shape index (κ2) is 11.8. The molecule has 0 radical (unpaired) electrons. The molecule has 0 unspecified atom stereocenters. The Morgan fingerprint density at radius 2 is 1.68 bits per heavy atom. The maximum atomic E-state index is 12.2. The van der Waals surface area contributed by atoms with Gasteiger partial charge >= 0.3 is 11.9 Å². The average molecular weight is 453 g/mol. The monoisotopic (exact) mass is 453 g/mol. The lowest BCUT2D eigenvalue weighted by molar-refractivity contribution is -0.135. The Labute approximate surface area is 198 Å². The van der Waals surface area contributed by atoms with Crippen molar-refractivity contribution in [3.63, 3.8) is 0 Å². The van der Waals surface area contributed by atoms with Crippen LogP contribution in [0.25, 0.3) is 12.2 Å². The minimum Gasteiger partial charge on any atom is -0.489 e. The minimum absolute atomic E-state index is 0.155. The largest absolute Gasteiger partial charge is 0.489 e. The second-order valence-electron chi connectivity index (χ2n) is 7.33. The second-order valence-corrected chi connectivity index (χ2v) is 7.33. The Bertz CT molecular complexity index is 1250. The molecule has 0 fully saturated rings. The zero-order chi connectivity index (χ0) is 24.3. The van der Waals surface area contributed by atoms with E-state index in [-0.39, 0.29) is 11.3 Å². The van der Waals surface area contributed by atoms with Gasteiger partial charge in [0.05, 0.1) is 7.11 Å². The number of methoxy groups -OCH3 is 1. The standard InChI is InChI=1S/C28H23NO5/c1-20-6-8-22(9-7-20)19-33-25-13-10-21(11-14-25)12-15-27(30)34-26-5-3-4-23(17-26)16-24(18-29)28(31)32-2/h3-17H,19H2,1-2H3/b15-12+,24-16+. The third-order valence-corrected chi connectivity index (χ3v) is 4.73. The molecule has 0 saturated carbocycles.